The molecule has 0 saturated heterocycles. The number of alkyl halides is 3. The number of amides is 1. The number of halogens is 4. The van der Waals surface area contributed by atoms with E-state index in [2.05, 4.69) is 15.7 Å². The van der Waals surface area contributed by atoms with Crippen molar-refractivity contribution in [3.8, 4) is 0 Å². The van der Waals surface area contributed by atoms with Crippen LogP contribution in [-0.4, -0.2) is 35.5 Å². The third-order valence-electron chi connectivity index (χ3n) is 2.32. The zero-order valence-corrected chi connectivity index (χ0v) is 11.3. The lowest BCUT2D eigenvalue weighted by Gasteiger charge is -2.15. The van der Waals surface area contributed by atoms with Crippen LogP contribution in [0.3, 0.4) is 0 Å². The molecule has 1 aromatic rings. The maximum atomic E-state index is 11.9. The molecule has 2 N–H and O–H groups in total. The first-order valence-electron chi connectivity index (χ1n) is 5.34. The molecule has 9 heteroatoms. The minimum atomic E-state index is -4.27. The number of nitrogens with zero attached hydrogens (tertiary/aromatic N) is 2. The highest BCUT2D eigenvalue weighted by atomic mass is 35.5. The molecule has 0 radical (unpaired) electrons. The van der Waals surface area contributed by atoms with E-state index in [0.717, 1.165) is 0 Å². The maximum absolute atomic E-state index is 11.9. The molecule has 1 aromatic heterocycles. The zero-order chi connectivity index (χ0) is 13.8. The van der Waals surface area contributed by atoms with Crippen molar-refractivity contribution in [2.75, 3.05) is 13.6 Å². The second-order valence-corrected chi connectivity index (χ2v) is 3.83. The average molecular weight is 301 g/mol. The van der Waals surface area contributed by atoms with Crippen LogP contribution in [0.15, 0.2) is 12.4 Å². The fourth-order valence-corrected chi connectivity index (χ4v) is 1.47. The predicted molar refractivity (Wildman–Crippen MR) is 65.9 cm³/mol. The smallest absolute Gasteiger partial charge is 0.354 e. The quantitative estimate of drug-likeness (QED) is 0.858. The van der Waals surface area contributed by atoms with Crippen LogP contribution in [0.1, 0.15) is 18.0 Å². The van der Waals surface area contributed by atoms with Gasteiger partial charge in [-0.25, -0.2) is 0 Å². The van der Waals surface area contributed by atoms with E-state index < -0.39 is 31.1 Å². The third-order valence-corrected chi connectivity index (χ3v) is 2.32. The summed E-state index contributed by atoms with van der Waals surface area (Å²) in [5, 5.41) is 8.88. The fraction of sp³-hybridized carbons (Fsp3) is 0.600. The van der Waals surface area contributed by atoms with Gasteiger partial charge >= 0.3 is 6.18 Å². The van der Waals surface area contributed by atoms with Crippen molar-refractivity contribution >= 4 is 18.3 Å². The summed E-state index contributed by atoms with van der Waals surface area (Å²) in [4.78, 5) is 11.7. The Kier molecular flexibility index (Phi) is 6.85. The van der Waals surface area contributed by atoms with Gasteiger partial charge in [-0.05, 0) is 7.05 Å². The predicted octanol–water partition coefficient (Wildman–Crippen LogP) is 1.17. The molecule has 0 aliphatic carbocycles. The van der Waals surface area contributed by atoms with Gasteiger partial charge in [0.2, 0.25) is 5.91 Å². The Labute approximate surface area is 115 Å². The lowest BCUT2D eigenvalue weighted by Crippen LogP contribution is -2.37. The van der Waals surface area contributed by atoms with E-state index in [1.807, 2.05) is 0 Å². The number of rotatable bonds is 5. The number of aryl methyl sites for hydroxylation is 1. The SMILES string of the molecule is CNC(C(=O)NCCC(F)(F)F)c1cnn(C)c1.Cl. The van der Waals surface area contributed by atoms with Crippen LogP contribution in [0.4, 0.5) is 13.2 Å². The molecule has 1 atom stereocenters. The molecular weight excluding hydrogens is 285 g/mol. The number of likely N-dealkylation sites (N-methyl/N-ethyl adjacent to an activating group) is 1. The Balaban J connectivity index is 0.00000324. The number of hydrogen-bond donors (Lipinski definition) is 2. The van der Waals surface area contributed by atoms with Crippen molar-refractivity contribution in [2.24, 2.45) is 7.05 Å². The summed E-state index contributed by atoms with van der Waals surface area (Å²) in [6.07, 6.45) is -2.19. The molecule has 0 aromatic carbocycles. The lowest BCUT2D eigenvalue weighted by molar-refractivity contribution is -0.136. The highest BCUT2D eigenvalue weighted by Crippen LogP contribution is 2.18. The van der Waals surface area contributed by atoms with Crippen molar-refractivity contribution in [3.05, 3.63) is 18.0 Å². The zero-order valence-electron chi connectivity index (χ0n) is 10.5. The van der Waals surface area contributed by atoms with Gasteiger partial charge in [0.25, 0.3) is 0 Å². The van der Waals surface area contributed by atoms with Gasteiger partial charge in [-0.15, -0.1) is 12.4 Å². The Bertz CT molecular complexity index is 408. The van der Waals surface area contributed by atoms with Crippen LogP contribution in [0.5, 0.6) is 0 Å². The first kappa shape index (κ1) is 17.7. The average Bonchev–Trinajstić information content (AvgIpc) is 2.64. The van der Waals surface area contributed by atoms with E-state index in [1.54, 1.807) is 20.3 Å². The van der Waals surface area contributed by atoms with E-state index in [1.165, 1.54) is 10.9 Å². The molecule has 1 heterocycles. The molecule has 0 aliphatic rings. The maximum Gasteiger partial charge on any atom is 0.390 e. The second-order valence-electron chi connectivity index (χ2n) is 3.83. The van der Waals surface area contributed by atoms with E-state index in [9.17, 15) is 18.0 Å². The van der Waals surface area contributed by atoms with Crippen molar-refractivity contribution in [1.82, 2.24) is 20.4 Å². The molecular formula is C10H16ClF3N4O. The summed E-state index contributed by atoms with van der Waals surface area (Å²) in [5.41, 5.74) is 0.601. The topological polar surface area (TPSA) is 59.0 Å². The van der Waals surface area contributed by atoms with Crippen LogP contribution < -0.4 is 10.6 Å². The van der Waals surface area contributed by atoms with E-state index >= 15 is 0 Å². The highest BCUT2D eigenvalue weighted by Gasteiger charge is 2.27. The molecule has 110 valence electrons. The van der Waals surface area contributed by atoms with E-state index in [-0.39, 0.29) is 12.4 Å². The number of aromatic nitrogens is 2. The summed E-state index contributed by atoms with van der Waals surface area (Å²) in [6, 6.07) is -0.702. The molecule has 1 amide bonds. The van der Waals surface area contributed by atoms with Crippen LogP contribution >= 0.6 is 12.4 Å². The van der Waals surface area contributed by atoms with Crippen LogP contribution in [-0.2, 0) is 11.8 Å². The summed E-state index contributed by atoms with van der Waals surface area (Å²) in [7, 11) is 3.25. The molecule has 1 rings (SSSR count). The summed E-state index contributed by atoms with van der Waals surface area (Å²) in [5.74, 6) is -0.505. The van der Waals surface area contributed by atoms with Crippen LogP contribution in [0.2, 0.25) is 0 Å². The van der Waals surface area contributed by atoms with Gasteiger partial charge in [0.1, 0.15) is 6.04 Å². The van der Waals surface area contributed by atoms with Gasteiger partial charge in [0.05, 0.1) is 12.6 Å². The molecule has 0 spiro atoms. The number of carbonyl (C=O) groups excluding carboxylic acids is 1. The van der Waals surface area contributed by atoms with Gasteiger partial charge in [0.15, 0.2) is 0 Å². The Hall–Kier alpha value is -1.28. The molecule has 0 fully saturated rings. The van der Waals surface area contributed by atoms with Crippen LogP contribution in [0.25, 0.3) is 0 Å². The van der Waals surface area contributed by atoms with Gasteiger partial charge in [-0.2, -0.15) is 18.3 Å². The first-order chi connectivity index (χ1) is 8.33. The normalized spacial score (nSPS) is 12.7. The lowest BCUT2D eigenvalue weighted by atomic mass is 10.1. The molecule has 1 unspecified atom stereocenters. The fourth-order valence-electron chi connectivity index (χ4n) is 1.47. The standard InChI is InChI=1S/C10H15F3N4O.ClH/c1-14-8(7-5-16-17(2)6-7)9(18)15-4-3-10(11,12)13;/h5-6,8,14H,3-4H2,1-2H3,(H,15,18);1H. The third kappa shape index (κ3) is 5.93. The summed E-state index contributed by atoms with van der Waals surface area (Å²) in [6.45, 7) is -0.430. The Morgan fingerprint density at radius 3 is 2.58 bits per heavy atom. The monoisotopic (exact) mass is 300 g/mol. The van der Waals surface area contributed by atoms with Crippen molar-refractivity contribution < 1.29 is 18.0 Å². The molecule has 0 saturated carbocycles. The summed E-state index contributed by atoms with van der Waals surface area (Å²) >= 11 is 0. The number of hydrogen-bond acceptors (Lipinski definition) is 3. The minimum Gasteiger partial charge on any atom is -0.354 e. The second kappa shape index (κ2) is 7.34. The van der Waals surface area contributed by atoms with Gasteiger partial charge in [0, 0.05) is 25.4 Å². The van der Waals surface area contributed by atoms with Gasteiger partial charge in [-0.1, -0.05) is 0 Å². The van der Waals surface area contributed by atoms with Gasteiger partial charge < -0.3 is 10.6 Å². The van der Waals surface area contributed by atoms with Crippen molar-refractivity contribution in [2.45, 2.75) is 18.6 Å². The van der Waals surface area contributed by atoms with E-state index in [4.69, 9.17) is 0 Å². The minimum absolute atomic E-state index is 0. The van der Waals surface area contributed by atoms with Crippen LogP contribution in [0, 0.1) is 0 Å². The highest BCUT2D eigenvalue weighted by molar-refractivity contribution is 5.85. The first-order valence-corrected chi connectivity index (χ1v) is 5.34. The Morgan fingerprint density at radius 2 is 2.16 bits per heavy atom. The molecule has 0 aliphatic heterocycles. The number of carbonyl (C=O) groups is 1. The Morgan fingerprint density at radius 1 is 1.53 bits per heavy atom. The van der Waals surface area contributed by atoms with Crippen molar-refractivity contribution in [1.29, 1.82) is 0 Å². The number of nitrogens with one attached hydrogen (secondary N) is 2. The molecule has 5 nitrogen and oxygen atoms in total. The van der Waals surface area contributed by atoms with Crippen molar-refractivity contribution in [3.63, 3.8) is 0 Å². The van der Waals surface area contributed by atoms with E-state index in [0.29, 0.717) is 5.56 Å². The molecule has 19 heavy (non-hydrogen) atoms. The summed E-state index contributed by atoms with van der Waals surface area (Å²) < 4.78 is 37.3. The van der Waals surface area contributed by atoms with Gasteiger partial charge in [-0.3, -0.25) is 9.48 Å². The largest absolute Gasteiger partial charge is 0.390 e. The molecule has 0 bridgehead atoms.